The summed E-state index contributed by atoms with van der Waals surface area (Å²) >= 11 is 0. The van der Waals surface area contributed by atoms with Gasteiger partial charge in [0.1, 0.15) is 17.7 Å². The minimum atomic E-state index is -2.69. The van der Waals surface area contributed by atoms with Crippen molar-refractivity contribution in [3.05, 3.63) is 105 Å². The molecule has 1 aliphatic carbocycles. The Hall–Kier alpha value is -5.41. The molecule has 5 amide bonds. The first-order valence-electron chi connectivity index (χ1n) is 20.9. The van der Waals surface area contributed by atoms with Crippen LogP contribution in [0.3, 0.4) is 0 Å². The van der Waals surface area contributed by atoms with Gasteiger partial charge < -0.3 is 9.88 Å². The molecular formula is C45H44F4N6O5. The number of imide groups is 2. The third-order valence-corrected chi connectivity index (χ3v) is 14.0. The maximum atomic E-state index is 16.3. The molecule has 6 heterocycles. The molecular weight excluding hydrogens is 781 g/mol. The molecule has 60 heavy (non-hydrogen) atoms. The van der Waals surface area contributed by atoms with Crippen molar-refractivity contribution < 1.29 is 41.5 Å². The smallest absolute Gasteiger partial charge is 0.262 e. The highest BCUT2D eigenvalue weighted by Crippen LogP contribution is 2.45. The summed E-state index contributed by atoms with van der Waals surface area (Å²) in [5.74, 6) is -3.96. The molecule has 5 aliphatic heterocycles. The number of nitrogens with one attached hydrogen (secondary N) is 2. The van der Waals surface area contributed by atoms with E-state index in [2.05, 4.69) is 15.2 Å². The van der Waals surface area contributed by atoms with Gasteiger partial charge in [-0.25, -0.2) is 17.6 Å². The van der Waals surface area contributed by atoms with Crippen LogP contribution in [0.1, 0.15) is 112 Å². The number of rotatable bonds is 7. The van der Waals surface area contributed by atoms with Crippen LogP contribution in [0.15, 0.2) is 48.5 Å². The molecule has 0 bridgehead atoms. The van der Waals surface area contributed by atoms with Gasteiger partial charge in [-0.15, -0.1) is 0 Å². The van der Waals surface area contributed by atoms with Crippen molar-refractivity contribution in [2.75, 3.05) is 19.6 Å². The summed E-state index contributed by atoms with van der Waals surface area (Å²) in [6, 6.07) is 11.4. The van der Waals surface area contributed by atoms with E-state index >= 15 is 8.78 Å². The lowest BCUT2D eigenvalue weighted by Gasteiger charge is -2.46. The summed E-state index contributed by atoms with van der Waals surface area (Å²) in [5, 5.41) is 3.14. The molecule has 3 aromatic carbocycles. The van der Waals surface area contributed by atoms with Crippen LogP contribution in [-0.2, 0) is 33.9 Å². The van der Waals surface area contributed by atoms with E-state index in [-0.39, 0.29) is 59.4 Å². The summed E-state index contributed by atoms with van der Waals surface area (Å²) in [7, 11) is 0. The molecule has 1 saturated carbocycles. The second kappa shape index (κ2) is 14.6. The molecule has 1 aromatic heterocycles. The van der Waals surface area contributed by atoms with Crippen LogP contribution in [0, 0.1) is 17.6 Å². The summed E-state index contributed by atoms with van der Waals surface area (Å²) in [6.07, 6.45) is 0.260. The number of benzene rings is 3. The largest absolute Gasteiger partial charge is 0.357 e. The van der Waals surface area contributed by atoms with Crippen molar-refractivity contribution in [1.82, 2.24) is 29.9 Å². The van der Waals surface area contributed by atoms with Crippen molar-refractivity contribution in [1.29, 1.82) is 0 Å². The van der Waals surface area contributed by atoms with Crippen LogP contribution in [0.25, 0.3) is 10.9 Å². The van der Waals surface area contributed by atoms with E-state index in [9.17, 15) is 32.8 Å². The van der Waals surface area contributed by atoms with Crippen LogP contribution in [0.4, 0.5) is 17.6 Å². The number of aromatic amines is 1. The number of alkyl halides is 2. The number of halogens is 4. The second-order valence-electron chi connectivity index (χ2n) is 17.5. The summed E-state index contributed by atoms with van der Waals surface area (Å²) in [4.78, 5) is 74.2. The summed E-state index contributed by atoms with van der Waals surface area (Å²) < 4.78 is 60.3. The van der Waals surface area contributed by atoms with Crippen LogP contribution in [-0.4, -0.2) is 98.3 Å². The van der Waals surface area contributed by atoms with E-state index in [4.69, 9.17) is 0 Å². The molecule has 0 radical (unpaired) electrons. The predicted octanol–water partition coefficient (Wildman–Crippen LogP) is 5.95. The number of carbonyl (C=O) groups excluding carboxylic acids is 5. The van der Waals surface area contributed by atoms with Gasteiger partial charge in [0.15, 0.2) is 0 Å². The maximum Gasteiger partial charge on any atom is 0.262 e. The molecule has 2 N–H and O–H groups in total. The second-order valence-corrected chi connectivity index (χ2v) is 17.5. The van der Waals surface area contributed by atoms with Crippen molar-refractivity contribution in [3.8, 4) is 0 Å². The fourth-order valence-corrected chi connectivity index (χ4v) is 10.8. The van der Waals surface area contributed by atoms with E-state index in [1.54, 1.807) is 12.1 Å². The number of H-pyrrole nitrogens is 1. The number of para-hydroxylation sites is 1. The van der Waals surface area contributed by atoms with Crippen molar-refractivity contribution >= 4 is 40.4 Å². The maximum absolute atomic E-state index is 16.3. The van der Waals surface area contributed by atoms with E-state index in [1.807, 2.05) is 36.1 Å². The first-order valence-corrected chi connectivity index (χ1v) is 20.9. The highest BCUT2D eigenvalue weighted by Gasteiger charge is 2.47. The molecule has 0 spiro atoms. The highest BCUT2D eigenvalue weighted by atomic mass is 19.3. The van der Waals surface area contributed by atoms with E-state index in [0.717, 1.165) is 32.5 Å². The van der Waals surface area contributed by atoms with Crippen molar-refractivity contribution in [2.24, 2.45) is 5.92 Å². The predicted molar refractivity (Wildman–Crippen MR) is 210 cm³/mol. The number of fused-ring (bicyclic) bond motifs is 5. The Balaban J connectivity index is 0.766. The minimum Gasteiger partial charge on any atom is -0.357 e. The average Bonchev–Trinajstić information content (AvgIpc) is 3.85. The van der Waals surface area contributed by atoms with Gasteiger partial charge >= 0.3 is 0 Å². The molecule has 312 valence electrons. The molecule has 4 aromatic rings. The molecule has 1 unspecified atom stereocenters. The van der Waals surface area contributed by atoms with Crippen LogP contribution >= 0.6 is 0 Å². The Morgan fingerprint density at radius 2 is 1.52 bits per heavy atom. The van der Waals surface area contributed by atoms with E-state index in [0.29, 0.717) is 69.5 Å². The Morgan fingerprint density at radius 1 is 0.867 bits per heavy atom. The number of carbonyl (C=O) groups is 5. The van der Waals surface area contributed by atoms with Crippen LogP contribution in [0.2, 0.25) is 0 Å². The molecule has 11 nitrogen and oxygen atoms in total. The number of likely N-dealkylation sites (tertiary alicyclic amines) is 1. The van der Waals surface area contributed by atoms with E-state index < -0.39 is 60.3 Å². The van der Waals surface area contributed by atoms with Gasteiger partial charge in [0.2, 0.25) is 17.7 Å². The lowest BCUT2D eigenvalue weighted by atomic mass is 9.77. The van der Waals surface area contributed by atoms with Gasteiger partial charge in [0, 0.05) is 72.8 Å². The quantitative estimate of drug-likeness (QED) is 0.175. The fourth-order valence-electron chi connectivity index (χ4n) is 10.8. The zero-order valence-corrected chi connectivity index (χ0v) is 33.0. The Labute approximate surface area is 343 Å². The van der Waals surface area contributed by atoms with Crippen LogP contribution < -0.4 is 5.32 Å². The highest BCUT2D eigenvalue weighted by molar-refractivity contribution is 6.23. The fraction of sp³-hybridized carbons (Fsp3) is 0.444. The lowest BCUT2D eigenvalue weighted by Crippen LogP contribution is -2.61. The molecule has 2 saturated heterocycles. The molecule has 15 heteroatoms. The van der Waals surface area contributed by atoms with Crippen molar-refractivity contribution in [2.45, 2.75) is 101 Å². The van der Waals surface area contributed by atoms with Crippen LogP contribution in [0.5, 0.6) is 0 Å². The third-order valence-electron chi connectivity index (χ3n) is 14.0. The van der Waals surface area contributed by atoms with E-state index in [1.165, 1.54) is 17.0 Å². The summed E-state index contributed by atoms with van der Waals surface area (Å²) in [5.41, 5.74) is 4.85. The number of amides is 5. The number of nitrogens with zero attached hydrogens (tertiary/aromatic N) is 4. The zero-order valence-electron chi connectivity index (χ0n) is 33.0. The molecule has 6 aliphatic rings. The topological polar surface area (TPSA) is 126 Å². The molecule has 10 rings (SSSR count). The number of piperidine rings is 1. The summed E-state index contributed by atoms with van der Waals surface area (Å²) in [6.45, 7) is 3.40. The van der Waals surface area contributed by atoms with Gasteiger partial charge in [0.25, 0.3) is 18.2 Å². The Morgan fingerprint density at radius 3 is 2.15 bits per heavy atom. The van der Waals surface area contributed by atoms with Gasteiger partial charge in [-0.1, -0.05) is 18.2 Å². The first-order chi connectivity index (χ1) is 28.8. The number of aromatic nitrogens is 1. The van der Waals surface area contributed by atoms with Crippen molar-refractivity contribution in [3.63, 3.8) is 0 Å². The lowest BCUT2D eigenvalue weighted by molar-refractivity contribution is -0.144. The number of hydrogen-bond acceptors (Lipinski definition) is 7. The SMILES string of the molecule is C[C@@H]1Cc2c([nH]c3ccccc23)[C@@H](c2c(F)cc(C3CCC(C(=O)N4CC(N5Cc6cc7c(cc6C5)C(=O)N(C5CCC(=O)NC5=O)C7=O)C4)CC3)cc2F)N1CC(F)F. The monoisotopic (exact) mass is 824 g/mol. The Kier molecular flexibility index (Phi) is 9.47. The van der Waals surface area contributed by atoms with Gasteiger partial charge in [0.05, 0.1) is 23.7 Å². The standard InChI is InChI=1S/C45H44F4N6O5/c1-22-12-30-29-4-2-3-5-35(29)50-40(30)41(54(22)21-37(48)49)39-33(46)15-25(16-34(39)47)23-6-8-24(9-7-23)43(58)53-19-28(20-53)52-17-26-13-31-32(14-27(26)18-52)45(60)55(44(31)59)36-10-11-38(56)51-42(36)57/h2-5,13-16,22-24,28,36-37,41,50H,6-12,17-21H2,1H3,(H,51,56,57)/t22-,23?,24?,36?,41-/m1/s1. The minimum absolute atomic E-state index is 0.0537. The molecule has 3 fully saturated rings. The zero-order chi connectivity index (χ0) is 41.7. The average molecular weight is 825 g/mol. The number of hydrogen-bond donors (Lipinski definition) is 2. The van der Waals surface area contributed by atoms with Gasteiger partial charge in [-0.05, 0) is 104 Å². The van der Waals surface area contributed by atoms with Gasteiger partial charge in [-0.2, -0.15) is 0 Å². The third kappa shape index (κ3) is 6.34. The normalized spacial score (nSPS) is 26.1. The van der Waals surface area contributed by atoms with Gasteiger partial charge in [-0.3, -0.25) is 44.0 Å². The molecule has 3 atom stereocenters. The Bertz CT molecular complexity index is 2420. The first kappa shape index (κ1) is 38.8.